The van der Waals surface area contributed by atoms with Gasteiger partial charge in [-0.25, -0.2) is 0 Å². The van der Waals surface area contributed by atoms with Crippen molar-refractivity contribution in [1.29, 1.82) is 0 Å². The zero-order valence-corrected chi connectivity index (χ0v) is 13.3. The summed E-state index contributed by atoms with van der Waals surface area (Å²) in [5, 5.41) is 11.9. The Balaban J connectivity index is 0.00000192. The van der Waals surface area contributed by atoms with Crippen LogP contribution in [0.2, 0.25) is 0 Å². The number of rotatable bonds is 4. The van der Waals surface area contributed by atoms with Gasteiger partial charge in [-0.2, -0.15) is 0 Å². The van der Waals surface area contributed by atoms with Crippen molar-refractivity contribution < 1.29 is 24.2 Å². The van der Waals surface area contributed by atoms with E-state index in [1.54, 1.807) is 23.1 Å². The lowest BCUT2D eigenvalue weighted by atomic mass is 10.2. The molecule has 0 spiro atoms. The molecule has 0 aliphatic carbocycles. The summed E-state index contributed by atoms with van der Waals surface area (Å²) in [7, 11) is 0. The number of hydrogen-bond acceptors (Lipinski definition) is 5. The van der Waals surface area contributed by atoms with Gasteiger partial charge >= 0.3 is 5.97 Å². The lowest BCUT2D eigenvalue weighted by Crippen LogP contribution is -2.40. The van der Waals surface area contributed by atoms with Crippen LogP contribution < -0.4 is 14.8 Å². The van der Waals surface area contributed by atoms with Crippen LogP contribution in [-0.4, -0.2) is 54.2 Å². The molecule has 2 heterocycles. The third-order valence-corrected chi connectivity index (χ3v) is 3.82. The Bertz CT molecular complexity index is 595. The first-order chi connectivity index (χ1) is 10.6. The fourth-order valence-corrected chi connectivity index (χ4v) is 2.80. The summed E-state index contributed by atoms with van der Waals surface area (Å²) >= 11 is 0. The van der Waals surface area contributed by atoms with Crippen LogP contribution in [0.5, 0.6) is 11.5 Å². The zero-order chi connectivity index (χ0) is 15.5. The van der Waals surface area contributed by atoms with Gasteiger partial charge in [0.25, 0.3) is 0 Å². The van der Waals surface area contributed by atoms with Gasteiger partial charge < -0.3 is 19.9 Å². The number of benzene rings is 1. The number of carbonyl (C=O) groups is 2. The SMILES string of the molecule is Cl.O=C(CN1CCC[C@H]1C(=O)O)Nc1ccc2c(c1)OCCO2. The van der Waals surface area contributed by atoms with Gasteiger partial charge in [0.05, 0.1) is 6.54 Å². The van der Waals surface area contributed by atoms with E-state index in [1.165, 1.54) is 0 Å². The highest BCUT2D eigenvalue weighted by Gasteiger charge is 2.31. The summed E-state index contributed by atoms with van der Waals surface area (Å²) in [6.45, 7) is 1.71. The lowest BCUT2D eigenvalue weighted by Gasteiger charge is -2.21. The molecule has 7 nitrogen and oxygen atoms in total. The van der Waals surface area contributed by atoms with Crippen molar-refractivity contribution in [2.24, 2.45) is 0 Å². The van der Waals surface area contributed by atoms with Crippen LogP contribution in [0.3, 0.4) is 0 Å². The van der Waals surface area contributed by atoms with Crippen LogP contribution in [0.4, 0.5) is 5.69 Å². The Morgan fingerprint density at radius 3 is 2.74 bits per heavy atom. The predicted octanol–water partition coefficient (Wildman–Crippen LogP) is 1.37. The number of fused-ring (bicyclic) bond motifs is 1. The van der Waals surface area contributed by atoms with Gasteiger partial charge in [-0.1, -0.05) is 0 Å². The first-order valence-corrected chi connectivity index (χ1v) is 7.30. The minimum absolute atomic E-state index is 0. The van der Waals surface area contributed by atoms with Gasteiger partial charge in [0.15, 0.2) is 11.5 Å². The van der Waals surface area contributed by atoms with Crippen molar-refractivity contribution in [2.75, 3.05) is 31.6 Å². The standard InChI is InChI=1S/C15H18N2O5.ClH/c18-14(9-17-5-1-2-11(17)15(19)20)16-10-3-4-12-13(8-10)22-7-6-21-12;/h3-4,8,11H,1-2,5-7,9H2,(H,16,18)(H,19,20);1H/t11-;/m0./s1. The molecule has 0 aromatic heterocycles. The van der Waals surface area contributed by atoms with Gasteiger partial charge in [-0.3, -0.25) is 14.5 Å². The number of amides is 1. The van der Waals surface area contributed by atoms with Crippen LogP contribution in [0.25, 0.3) is 0 Å². The zero-order valence-electron chi connectivity index (χ0n) is 12.5. The maximum atomic E-state index is 12.1. The smallest absolute Gasteiger partial charge is 0.320 e. The maximum absolute atomic E-state index is 12.1. The van der Waals surface area contributed by atoms with E-state index >= 15 is 0 Å². The molecule has 0 radical (unpaired) electrons. The Hall–Kier alpha value is -1.99. The first-order valence-electron chi connectivity index (χ1n) is 7.30. The van der Waals surface area contributed by atoms with E-state index in [2.05, 4.69) is 5.32 Å². The molecular weight excluding hydrogens is 324 g/mol. The molecule has 126 valence electrons. The number of aliphatic carboxylic acids is 1. The van der Waals surface area contributed by atoms with Crippen molar-refractivity contribution >= 4 is 30.0 Å². The molecule has 1 saturated heterocycles. The second-order valence-electron chi connectivity index (χ2n) is 5.37. The third kappa shape index (κ3) is 4.05. The fourth-order valence-electron chi connectivity index (χ4n) is 2.80. The minimum Gasteiger partial charge on any atom is -0.486 e. The number of halogens is 1. The monoisotopic (exact) mass is 342 g/mol. The van der Waals surface area contributed by atoms with Crippen LogP contribution in [-0.2, 0) is 9.59 Å². The van der Waals surface area contributed by atoms with Crippen molar-refractivity contribution in [3.63, 3.8) is 0 Å². The molecule has 2 N–H and O–H groups in total. The Morgan fingerprint density at radius 2 is 2.00 bits per heavy atom. The van der Waals surface area contributed by atoms with Gasteiger partial charge in [0.1, 0.15) is 19.3 Å². The Kier molecular flexibility index (Phi) is 5.68. The number of hydrogen-bond donors (Lipinski definition) is 2. The predicted molar refractivity (Wildman–Crippen MR) is 85.5 cm³/mol. The van der Waals surface area contributed by atoms with Crippen LogP contribution >= 0.6 is 12.4 Å². The van der Waals surface area contributed by atoms with Crippen molar-refractivity contribution in [2.45, 2.75) is 18.9 Å². The molecule has 1 aromatic rings. The number of nitrogens with one attached hydrogen (secondary N) is 1. The maximum Gasteiger partial charge on any atom is 0.320 e. The molecule has 0 unspecified atom stereocenters. The number of ether oxygens (including phenoxy) is 2. The highest BCUT2D eigenvalue weighted by molar-refractivity contribution is 5.93. The number of carbonyl (C=O) groups excluding carboxylic acids is 1. The van der Waals surface area contributed by atoms with Crippen LogP contribution in [0, 0.1) is 0 Å². The normalized spacial score (nSPS) is 19.7. The third-order valence-electron chi connectivity index (χ3n) is 3.82. The van der Waals surface area contributed by atoms with Crippen LogP contribution in [0.15, 0.2) is 18.2 Å². The lowest BCUT2D eigenvalue weighted by molar-refractivity contribution is -0.142. The summed E-state index contributed by atoms with van der Waals surface area (Å²) in [6, 6.07) is 4.64. The van der Waals surface area contributed by atoms with Crippen molar-refractivity contribution in [1.82, 2.24) is 4.90 Å². The summed E-state index contributed by atoms with van der Waals surface area (Å²) in [4.78, 5) is 24.9. The number of anilines is 1. The van der Waals surface area contributed by atoms with Gasteiger partial charge in [0.2, 0.25) is 5.91 Å². The average Bonchev–Trinajstić information content (AvgIpc) is 2.95. The molecule has 1 fully saturated rings. The molecule has 2 aliphatic heterocycles. The highest BCUT2D eigenvalue weighted by Crippen LogP contribution is 2.32. The van der Waals surface area contributed by atoms with E-state index in [4.69, 9.17) is 14.6 Å². The molecule has 8 heteroatoms. The van der Waals surface area contributed by atoms with E-state index in [-0.39, 0.29) is 24.9 Å². The van der Waals surface area contributed by atoms with Gasteiger partial charge in [-0.05, 0) is 31.5 Å². The minimum atomic E-state index is -0.871. The van der Waals surface area contributed by atoms with E-state index < -0.39 is 12.0 Å². The molecule has 0 saturated carbocycles. The average molecular weight is 343 g/mol. The van der Waals surface area contributed by atoms with Crippen molar-refractivity contribution in [3.05, 3.63) is 18.2 Å². The number of carboxylic acid groups (broad SMARTS) is 1. The van der Waals surface area contributed by atoms with Crippen molar-refractivity contribution in [3.8, 4) is 11.5 Å². The molecule has 1 amide bonds. The van der Waals surface area contributed by atoms with Gasteiger partial charge in [-0.15, -0.1) is 12.4 Å². The molecule has 2 aliphatic rings. The largest absolute Gasteiger partial charge is 0.486 e. The molecule has 1 atom stereocenters. The van der Waals surface area contributed by atoms with E-state index in [0.29, 0.717) is 43.4 Å². The molecule has 1 aromatic carbocycles. The summed E-state index contributed by atoms with van der Waals surface area (Å²) < 4.78 is 10.9. The molecule has 3 rings (SSSR count). The van der Waals surface area contributed by atoms with E-state index in [0.717, 1.165) is 6.42 Å². The second-order valence-corrected chi connectivity index (χ2v) is 5.37. The number of nitrogens with zero attached hydrogens (tertiary/aromatic N) is 1. The van der Waals surface area contributed by atoms with E-state index in [9.17, 15) is 9.59 Å². The van der Waals surface area contributed by atoms with E-state index in [1.807, 2.05) is 0 Å². The highest BCUT2D eigenvalue weighted by atomic mass is 35.5. The first kappa shape index (κ1) is 17.4. The summed E-state index contributed by atoms with van der Waals surface area (Å²) in [6.07, 6.45) is 1.39. The number of carboxylic acids is 1. The van der Waals surface area contributed by atoms with Crippen LogP contribution in [0.1, 0.15) is 12.8 Å². The Labute approximate surface area is 140 Å². The molecular formula is C15H19ClN2O5. The molecule has 0 bridgehead atoms. The topological polar surface area (TPSA) is 88.1 Å². The fraction of sp³-hybridized carbons (Fsp3) is 0.467. The summed E-state index contributed by atoms with van der Waals surface area (Å²) in [5.41, 5.74) is 0.611. The Morgan fingerprint density at radius 1 is 1.26 bits per heavy atom. The quantitative estimate of drug-likeness (QED) is 0.859. The second kappa shape index (κ2) is 7.52. The molecule has 23 heavy (non-hydrogen) atoms. The summed E-state index contributed by atoms with van der Waals surface area (Å²) in [5.74, 6) is 0.165. The number of likely N-dealkylation sites (tertiary alicyclic amines) is 1. The van der Waals surface area contributed by atoms with Gasteiger partial charge in [0, 0.05) is 11.8 Å².